The van der Waals surface area contributed by atoms with E-state index < -0.39 is 0 Å². The molecule has 0 spiro atoms. The summed E-state index contributed by atoms with van der Waals surface area (Å²) in [6.07, 6.45) is 0. The molecule has 0 amide bonds. The van der Waals surface area contributed by atoms with E-state index in [1.807, 2.05) is 12.1 Å². The Balaban J connectivity index is 0.000000750. The number of aromatic nitrogens is 1. The largest absolute Gasteiger partial charge is 1.00 e. The fourth-order valence-electron chi connectivity index (χ4n) is 1.73. The van der Waals surface area contributed by atoms with Crippen molar-refractivity contribution in [1.29, 1.82) is 0 Å². The van der Waals surface area contributed by atoms with Gasteiger partial charge in [-0.25, -0.2) is 0 Å². The van der Waals surface area contributed by atoms with Gasteiger partial charge in [0.1, 0.15) is 0 Å². The number of benzene rings is 2. The second-order valence-corrected chi connectivity index (χ2v) is 3.15. The van der Waals surface area contributed by atoms with Gasteiger partial charge in [-0.05, 0) is 10.8 Å². The van der Waals surface area contributed by atoms with Gasteiger partial charge in [-0.1, -0.05) is 48.5 Å². The van der Waals surface area contributed by atoms with Gasteiger partial charge in [0, 0.05) is 0 Å². The molecule has 2 aromatic carbocycles. The van der Waals surface area contributed by atoms with Crippen LogP contribution < -0.4 is 34.5 Å². The van der Waals surface area contributed by atoms with Crippen LogP contribution in [0.2, 0.25) is 0 Å². The van der Waals surface area contributed by atoms with Crippen LogP contribution in [0.3, 0.4) is 0 Å². The Bertz CT molecular complexity index is 518. The van der Waals surface area contributed by atoms with Crippen molar-refractivity contribution >= 4 is 21.8 Å². The zero-order chi connectivity index (χ0) is 8.67. The third-order valence-electron chi connectivity index (χ3n) is 2.34. The van der Waals surface area contributed by atoms with Gasteiger partial charge in [-0.2, -0.15) is 0 Å². The summed E-state index contributed by atoms with van der Waals surface area (Å²) in [5, 5.41) is 2.50. The molecule has 3 aromatic rings. The molecule has 0 radical (unpaired) electrons. The molecule has 0 N–H and O–H groups in total. The Hall–Kier alpha value is -0.760. The molecule has 1 nitrogen and oxygen atoms in total. The summed E-state index contributed by atoms with van der Waals surface area (Å²) in [4.78, 5) is 4.52. The molecule has 62 valence electrons. The molecule has 0 bridgehead atoms. The van der Waals surface area contributed by atoms with E-state index in [9.17, 15) is 0 Å². The number of hydrogen-bond donors (Lipinski definition) is 0. The molecular formula is C12H8NNa. The second kappa shape index (κ2) is 3.77. The third-order valence-corrected chi connectivity index (χ3v) is 2.34. The van der Waals surface area contributed by atoms with Crippen LogP contribution in [0.4, 0.5) is 0 Å². The van der Waals surface area contributed by atoms with Gasteiger partial charge in [-0.15, -0.1) is 11.0 Å². The average molecular weight is 189 g/mol. The fourth-order valence-corrected chi connectivity index (χ4v) is 1.73. The quantitative estimate of drug-likeness (QED) is 0.452. The van der Waals surface area contributed by atoms with Crippen LogP contribution in [0.5, 0.6) is 0 Å². The molecule has 0 unspecified atom stereocenters. The van der Waals surface area contributed by atoms with Crippen LogP contribution >= 0.6 is 0 Å². The molecule has 0 saturated carbocycles. The molecule has 2 heteroatoms. The van der Waals surface area contributed by atoms with Gasteiger partial charge >= 0.3 is 29.6 Å². The molecule has 0 aliphatic carbocycles. The van der Waals surface area contributed by atoms with Crippen molar-refractivity contribution in [3.05, 3.63) is 48.5 Å². The van der Waals surface area contributed by atoms with Crippen LogP contribution in [0.15, 0.2) is 48.5 Å². The van der Waals surface area contributed by atoms with E-state index in [0.717, 1.165) is 11.0 Å². The first-order chi connectivity index (χ1) is 6.45. The monoisotopic (exact) mass is 189 g/mol. The van der Waals surface area contributed by atoms with E-state index in [1.165, 1.54) is 10.8 Å². The molecule has 0 aliphatic heterocycles. The van der Waals surface area contributed by atoms with Crippen LogP contribution in [-0.4, -0.2) is 0 Å². The average Bonchev–Trinajstić information content (AvgIpc) is 2.56. The standard InChI is InChI=1S/C12H8N.Na/c1-3-7-11-9(5-1)10-6-2-4-8-12(10)13-11;/h1-8H;/q-1;+1. The minimum Gasteiger partial charge on any atom is -0.657 e. The first-order valence-electron chi connectivity index (χ1n) is 4.35. The summed E-state index contributed by atoms with van der Waals surface area (Å²) in [5.74, 6) is 0. The SMILES string of the molecule is [Na+].c1ccc2c(c1)[n-]c1ccccc12. The smallest absolute Gasteiger partial charge is 0.657 e. The van der Waals surface area contributed by atoms with Gasteiger partial charge in [0.15, 0.2) is 0 Å². The summed E-state index contributed by atoms with van der Waals surface area (Å²) >= 11 is 0. The van der Waals surface area contributed by atoms with E-state index in [-0.39, 0.29) is 29.6 Å². The first-order valence-corrected chi connectivity index (χ1v) is 4.35. The third kappa shape index (κ3) is 1.38. The van der Waals surface area contributed by atoms with Crippen molar-refractivity contribution in [2.24, 2.45) is 0 Å². The Morgan fingerprint density at radius 1 is 0.643 bits per heavy atom. The molecule has 0 fully saturated rings. The van der Waals surface area contributed by atoms with Crippen LogP contribution in [0.1, 0.15) is 0 Å². The van der Waals surface area contributed by atoms with E-state index in [0.29, 0.717) is 0 Å². The number of para-hydroxylation sites is 2. The zero-order valence-electron chi connectivity index (χ0n) is 8.07. The Morgan fingerprint density at radius 2 is 1.07 bits per heavy atom. The fraction of sp³-hybridized carbons (Fsp3) is 0. The predicted octanol–water partition coefficient (Wildman–Crippen LogP) is -0.0458. The van der Waals surface area contributed by atoms with Crippen molar-refractivity contribution in [1.82, 2.24) is 4.98 Å². The maximum Gasteiger partial charge on any atom is 1.00 e. The number of hydrogen-bond acceptors (Lipinski definition) is 0. The van der Waals surface area contributed by atoms with Crippen molar-refractivity contribution in [3.8, 4) is 0 Å². The van der Waals surface area contributed by atoms with E-state index in [2.05, 4.69) is 41.4 Å². The van der Waals surface area contributed by atoms with Gasteiger partial charge in [0.2, 0.25) is 0 Å². The number of nitrogens with zero attached hydrogens (tertiary/aromatic N) is 1. The summed E-state index contributed by atoms with van der Waals surface area (Å²) in [6.45, 7) is 0. The van der Waals surface area contributed by atoms with E-state index in [4.69, 9.17) is 0 Å². The first kappa shape index (κ1) is 9.78. The number of fused-ring (bicyclic) bond motifs is 3. The molecule has 3 rings (SSSR count). The molecule has 0 atom stereocenters. The topological polar surface area (TPSA) is 14.1 Å². The van der Waals surface area contributed by atoms with Crippen molar-refractivity contribution in [2.45, 2.75) is 0 Å². The maximum atomic E-state index is 4.52. The van der Waals surface area contributed by atoms with Crippen molar-refractivity contribution < 1.29 is 29.6 Å². The Kier molecular flexibility index (Phi) is 2.64. The predicted molar refractivity (Wildman–Crippen MR) is 54.8 cm³/mol. The summed E-state index contributed by atoms with van der Waals surface area (Å²) in [6, 6.07) is 16.5. The minimum atomic E-state index is 0. The Labute approximate surface area is 104 Å². The summed E-state index contributed by atoms with van der Waals surface area (Å²) in [7, 11) is 0. The Morgan fingerprint density at radius 3 is 1.57 bits per heavy atom. The van der Waals surface area contributed by atoms with Gasteiger partial charge in [0.25, 0.3) is 0 Å². The minimum absolute atomic E-state index is 0. The van der Waals surface area contributed by atoms with Crippen molar-refractivity contribution in [2.75, 3.05) is 0 Å². The van der Waals surface area contributed by atoms with E-state index >= 15 is 0 Å². The van der Waals surface area contributed by atoms with Gasteiger partial charge in [-0.3, -0.25) is 0 Å². The normalized spacial score (nSPS) is 10.3. The molecule has 1 aromatic heterocycles. The van der Waals surface area contributed by atoms with Gasteiger partial charge < -0.3 is 4.98 Å². The van der Waals surface area contributed by atoms with Gasteiger partial charge in [0.05, 0.1) is 0 Å². The van der Waals surface area contributed by atoms with Crippen LogP contribution in [0.25, 0.3) is 21.8 Å². The van der Waals surface area contributed by atoms with Crippen LogP contribution in [0, 0.1) is 0 Å². The summed E-state index contributed by atoms with van der Waals surface area (Å²) < 4.78 is 0. The van der Waals surface area contributed by atoms with Crippen molar-refractivity contribution in [3.63, 3.8) is 0 Å². The second-order valence-electron chi connectivity index (χ2n) is 3.15. The van der Waals surface area contributed by atoms with E-state index in [1.54, 1.807) is 0 Å². The molecule has 0 saturated heterocycles. The molecule has 1 heterocycles. The van der Waals surface area contributed by atoms with Crippen LogP contribution in [-0.2, 0) is 0 Å². The zero-order valence-corrected chi connectivity index (χ0v) is 10.1. The molecular weight excluding hydrogens is 181 g/mol. The summed E-state index contributed by atoms with van der Waals surface area (Å²) in [5.41, 5.74) is 2.17. The molecule has 14 heavy (non-hydrogen) atoms. The molecule has 0 aliphatic rings. The number of rotatable bonds is 0. The maximum absolute atomic E-state index is 4.52.